The van der Waals surface area contributed by atoms with Gasteiger partial charge in [0.05, 0.1) is 21.9 Å². The highest BCUT2D eigenvalue weighted by atomic mass is 35.5. The minimum atomic E-state index is -0.951. The van der Waals surface area contributed by atoms with Crippen LogP contribution in [0, 0.1) is 5.41 Å². The second kappa shape index (κ2) is 11.4. The quantitative estimate of drug-likeness (QED) is 0.180. The number of para-hydroxylation sites is 1. The standard InChI is InChI=1S/C34H35ClN2O3S/c1-33(2,3)41-31(22-10-13-23(35)14-11-22)30-26-18-25(16-17-28(26)37-29(30)19-34(4,5)32(38)39)40-20-24-15-12-21-8-6-7-9-27(21)36-24/h6-18,31,37H,19-20H2,1-5H3,(H,38,39). The molecule has 5 nitrogen and oxygen atoms in total. The molecule has 1 atom stereocenters. The first kappa shape index (κ1) is 29.0. The number of carbonyl (C=O) groups is 1. The molecule has 0 aliphatic carbocycles. The summed E-state index contributed by atoms with van der Waals surface area (Å²) >= 11 is 8.10. The van der Waals surface area contributed by atoms with E-state index in [1.807, 2.05) is 66.4 Å². The lowest BCUT2D eigenvalue weighted by Gasteiger charge is -2.28. The molecule has 2 heterocycles. The predicted octanol–water partition coefficient (Wildman–Crippen LogP) is 9.22. The molecule has 3 aromatic carbocycles. The summed E-state index contributed by atoms with van der Waals surface area (Å²) in [5.41, 5.74) is 4.88. The van der Waals surface area contributed by atoms with E-state index in [1.165, 1.54) is 0 Å². The third kappa shape index (κ3) is 6.71. The van der Waals surface area contributed by atoms with Crippen LogP contribution in [-0.2, 0) is 17.8 Å². The average molecular weight is 587 g/mol. The minimum Gasteiger partial charge on any atom is -0.487 e. The summed E-state index contributed by atoms with van der Waals surface area (Å²) in [5, 5.41) is 12.7. The molecule has 2 N–H and O–H groups in total. The third-order valence-electron chi connectivity index (χ3n) is 7.04. The van der Waals surface area contributed by atoms with Crippen molar-refractivity contribution in [3.05, 3.63) is 106 Å². The number of pyridine rings is 1. The number of nitrogens with zero attached hydrogens (tertiary/aromatic N) is 1. The number of hydrogen-bond acceptors (Lipinski definition) is 4. The third-order valence-corrected chi connectivity index (χ3v) is 8.74. The number of aromatic nitrogens is 2. The van der Waals surface area contributed by atoms with Crippen LogP contribution in [0.25, 0.3) is 21.8 Å². The maximum absolute atomic E-state index is 12.2. The molecule has 7 heteroatoms. The molecule has 1 unspecified atom stereocenters. The van der Waals surface area contributed by atoms with Gasteiger partial charge in [-0.3, -0.25) is 4.79 Å². The molecule has 0 spiro atoms. The molecule has 2 aromatic heterocycles. The second-order valence-electron chi connectivity index (χ2n) is 12.0. The molecule has 5 rings (SSSR count). The van der Waals surface area contributed by atoms with Gasteiger partial charge in [0.25, 0.3) is 0 Å². The van der Waals surface area contributed by atoms with Crippen molar-refractivity contribution in [1.29, 1.82) is 0 Å². The molecule has 0 saturated carbocycles. The number of aromatic amines is 1. The first-order valence-electron chi connectivity index (χ1n) is 13.7. The number of fused-ring (bicyclic) bond motifs is 2. The van der Waals surface area contributed by atoms with Gasteiger partial charge in [-0.2, -0.15) is 0 Å². The van der Waals surface area contributed by atoms with Gasteiger partial charge < -0.3 is 14.8 Å². The van der Waals surface area contributed by atoms with Crippen LogP contribution in [0.1, 0.15) is 62.4 Å². The summed E-state index contributed by atoms with van der Waals surface area (Å²) < 4.78 is 6.19. The second-order valence-corrected chi connectivity index (χ2v) is 14.4. The number of H-pyrrole nitrogens is 1. The summed E-state index contributed by atoms with van der Waals surface area (Å²) in [6, 6.07) is 26.0. The van der Waals surface area contributed by atoms with E-state index in [9.17, 15) is 9.90 Å². The molecule has 0 radical (unpaired) electrons. The van der Waals surface area contributed by atoms with E-state index in [0.29, 0.717) is 18.1 Å². The van der Waals surface area contributed by atoms with Crippen LogP contribution < -0.4 is 4.74 Å². The van der Waals surface area contributed by atoms with Crippen LogP contribution in [0.4, 0.5) is 0 Å². The van der Waals surface area contributed by atoms with E-state index in [0.717, 1.165) is 50.1 Å². The Morgan fingerprint density at radius 3 is 2.44 bits per heavy atom. The van der Waals surface area contributed by atoms with E-state index in [4.69, 9.17) is 21.3 Å². The number of aliphatic carboxylic acids is 1. The monoisotopic (exact) mass is 586 g/mol. The number of nitrogens with one attached hydrogen (secondary N) is 1. The number of ether oxygens (including phenoxy) is 1. The first-order chi connectivity index (χ1) is 19.4. The lowest BCUT2D eigenvalue weighted by Crippen LogP contribution is -2.27. The van der Waals surface area contributed by atoms with E-state index < -0.39 is 11.4 Å². The highest BCUT2D eigenvalue weighted by Gasteiger charge is 2.33. The lowest BCUT2D eigenvalue weighted by molar-refractivity contribution is -0.146. The molecule has 0 fully saturated rings. The molecule has 0 saturated heterocycles. The summed E-state index contributed by atoms with van der Waals surface area (Å²) in [4.78, 5) is 20.5. The number of benzene rings is 3. The molecule has 0 amide bonds. The first-order valence-corrected chi connectivity index (χ1v) is 14.9. The maximum atomic E-state index is 12.2. The fourth-order valence-electron chi connectivity index (χ4n) is 4.92. The Bertz CT molecular complexity index is 1700. The zero-order chi connectivity index (χ0) is 29.4. The molecule has 212 valence electrons. The van der Waals surface area contributed by atoms with E-state index >= 15 is 0 Å². The van der Waals surface area contributed by atoms with Crippen molar-refractivity contribution < 1.29 is 14.6 Å². The molecule has 41 heavy (non-hydrogen) atoms. The van der Waals surface area contributed by atoms with Gasteiger partial charge in [0.1, 0.15) is 12.4 Å². The Hall–Kier alpha value is -3.48. The molecular formula is C34H35ClN2O3S. The Labute approximate surface area is 250 Å². The van der Waals surface area contributed by atoms with E-state index in [1.54, 1.807) is 13.8 Å². The number of rotatable bonds is 9. The van der Waals surface area contributed by atoms with Crippen molar-refractivity contribution >= 4 is 51.1 Å². The van der Waals surface area contributed by atoms with Gasteiger partial charge in [-0.25, -0.2) is 4.98 Å². The minimum absolute atomic E-state index is 0.0574. The summed E-state index contributed by atoms with van der Waals surface area (Å²) in [7, 11) is 0. The number of thioether (sulfide) groups is 1. The summed E-state index contributed by atoms with van der Waals surface area (Å²) in [6.07, 6.45) is 0.359. The lowest BCUT2D eigenvalue weighted by atomic mass is 9.86. The molecule has 0 aliphatic heterocycles. The predicted molar refractivity (Wildman–Crippen MR) is 170 cm³/mol. The van der Waals surface area contributed by atoms with Crippen molar-refractivity contribution in [2.75, 3.05) is 0 Å². The Kier molecular flexibility index (Phi) is 8.09. The van der Waals surface area contributed by atoms with Gasteiger partial charge in [0.15, 0.2) is 0 Å². The van der Waals surface area contributed by atoms with Crippen molar-refractivity contribution in [2.45, 2.75) is 57.6 Å². The number of hydrogen-bond donors (Lipinski definition) is 2. The van der Waals surface area contributed by atoms with Crippen LogP contribution in [0.3, 0.4) is 0 Å². The van der Waals surface area contributed by atoms with Crippen molar-refractivity contribution in [3.63, 3.8) is 0 Å². The SMILES string of the molecule is CC(C)(C)SC(c1ccc(Cl)cc1)c1c(CC(C)(C)C(=O)O)[nH]c2ccc(OCc3ccc4ccccc4n3)cc12. The smallest absolute Gasteiger partial charge is 0.309 e. The number of carboxylic acids is 1. The zero-order valence-electron chi connectivity index (χ0n) is 24.0. The van der Waals surface area contributed by atoms with Gasteiger partial charge in [0, 0.05) is 38.2 Å². The molecule has 5 aromatic rings. The number of carboxylic acid groups (broad SMARTS) is 1. The van der Waals surface area contributed by atoms with Crippen molar-refractivity contribution in [1.82, 2.24) is 9.97 Å². The highest BCUT2D eigenvalue weighted by Crippen LogP contribution is 2.48. The summed E-state index contributed by atoms with van der Waals surface area (Å²) in [5.74, 6) is -0.104. The van der Waals surface area contributed by atoms with Crippen molar-refractivity contribution in [3.8, 4) is 5.75 Å². The van der Waals surface area contributed by atoms with E-state index in [-0.39, 0.29) is 10.00 Å². The molecular weight excluding hydrogens is 552 g/mol. The van der Waals surface area contributed by atoms with Gasteiger partial charge >= 0.3 is 5.97 Å². The maximum Gasteiger partial charge on any atom is 0.309 e. The van der Waals surface area contributed by atoms with Crippen LogP contribution in [-0.4, -0.2) is 25.8 Å². The van der Waals surface area contributed by atoms with Crippen LogP contribution in [0.2, 0.25) is 5.02 Å². The van der Waals surface area contributed by atoms with Gasteiger partial charge in [-0.05, 0) is 67.4 Å². The fraction of sp³-hybridized carbons (Fsp3) is 0.294. The largest absolute Gasteiger partial charge is 0.487 e. The Morgan fingerprint density at radius 1 is 1.00 bits per heavy atom. The zero-order valence-corrected chi connectivity index (χ0v) is 25.6. The Balaban J connectivity index is 1.58. The molecule has 0 aliphatic rings. The van der Waals surface area contributed by atoms with Crippen LogP contribution in [0.15, 0.2) is 78.9 Å². The Morgan fingerprint density at radius 2 is 1.73 bits per heavy atom. The van der Waals surface area contributed by atoms with Gasteiger partial charge in [0.2, 0.25) is 0 Å². The van der Waals surface area contributed by atoms with E-state index in [2.05, 4.69) is 50.0 Å². The average Bonchev–Trinajstić information content (AvgIpc) is 3.26. The van der Waals surface area contributed by atoms with Crippen LogP contribution in [0.5, 0.6) is 5.75 Å². The summed E-state index contributed by atoms with van der Waals surface area (Å²) in [6.45, 7) is 10.5. The van der Waals surface area contributed by atoms with Gasteiger partial charge in [-0.15, -0.1) is 11.8 Å². The number of halogens is 1. The fourth-order valence-corrected chi connectivity index (χ4v) is 6.44. The van der Waals surface area contributed by atoms with Gasteiger partial charge in [-0.1, -0.05) is 68.8 Å². The topological polar surface area (TPSA) is 75.2 Å². The molecule has 0 bridgehead atoms. The highest BCUT2D eigenvalue weighted by molar-refractivity contribution is 8.01. The van der Waals surface area contributed by atoms with Crippen molar-refractivity contribution in [2.24, 2.45) is 5.41 Å². The van der Waals surface area contributed by atoms with Crippen LogP contribution >= 0.6 is 23.4 Å². The normalized spacial score (nSPS) is 13.0.